The molecule has 0 spiro atoms. The Morgan fingerprint density at radius 1 is 0.559 bits per heavy atom. The molecule has 34 heavy (non-hydrogen) atoms. The zero-order chi connectivity index (χ0) is 23.0. The first-order valence-corrected chi connectivity index (χ1v) is 12.2. The van der Waals surface area contributed by atoms with Crippen LogP contribution in [0.1, 0.15) is 49.9 Å². The standard InChI is InChI=1S/C33H25N/c1-32(2)25-9-6-5-8-20(25)23-16-18-11-14-22-28-19(12-13-21(27(18)28)29(23)32)17-24-30(22)33(3,4)26-10-7-15-34-31(24)26/h5-17H,1-4H3. The van der Waals surface area contributed by atoms with Crippen LogP contribution in [0, 0.1) is 0 Å². The molecule has 1 heteroatoms. The Bertz CT molecular complexity index is 1710. The average molecular weight is 436 g/mol. The molecule has 8 rings (SSSR count). The molecule has 0 saturated carbocycles. The number of aromatic nitrogens is 1. The van der Waals surface area contributed by atoms with Crippen LogP contribution in [0.3, 0.4) is 0 Å². The van der Waals surface area contributed by atoms with Gasteiger partial charge in [0.15, 0.2) is 0 Å². The first-order valence-electron chi connectivity index (χ1n) is 12.2. The van der Waals surface area contributed by atoms with Crippen molar-refractivity contribution in [3.05, 3.63) is 101 Å². The maximum atomic E-state index is 4.82. The van der Waals surface area contributed by atoms with Crippen molar-refractivity contribution in [3.63, 3.8) is 0 Å². The van der Waals surface area contributed by atoms with Crippen LogP contribution in [0.2, 0.25) is 0 Å². The predicted molar refractivity (Wildman–Crippen MR) is 143 cm³/mol. The zero-order valence-corrected chi connectivity index (χ0v) is 20.0. The predicted octanol–water partition coefficient (Wildman–Crippen LogP) is 8.59. The first-order chi connectivity index (χ1) is 16.4. The van der Waals surface area contributed by atoms with Crippen molar-refractivity contribution in [2.45, 2.75) is 38.5 Å². The first kappa shape index (κ1) is 18.7. The van der Waals surface area contributed by atoms with Crippen molar-refractivity contribution in [1.82, 2.24) is 4.98 Å². The minimum atomic E-state index is -0.0707. The molecule has 162 valence electrons. The summed E-state index contributed by atoms with van der Waals surface area (Å²) in [7, 11) is 0. The lowest BCUT2D eigenvalue weighted by Gasteiger charge is -2.26. The molecule has 0 unspecified atom stereocenters. The smallest absolute Gasteiger partial charge is 0.0746 e. The molecule has 2 aliphatic carbocycles. The van der Waals surface area contributed by atoms with Gasteiger partial charge in [0.25, 0.3) is 0 Å². The van der Waals surface area contributed by atoms with Gasteiger partial charge in [-0.05, 0) is 83.9 Å². The summed E-state index contributed by atoms with van der Waals surface area (Å²) in [4.78, 5) is 4.82. The van der Waals surface area contributed by atoms with E-state index in [0.29, 0.717) is 0 Å². The van der Waals surface area contributed by atoms with Gasteiger partial charge in [-0.2, -0.15) is 0 Å². The molecule has 6 aromatic rings. The fourth-order valence-electron chi connectivity index (χ4n) is 7.35. The van der Waals surface area contributed by atoms with Crippen LogP contribution < -0.4 is 0 Å². The van der Waals surface area contributed by atoms with Crippen LogP contribution in [0.15, 0.2) is 79.0 Å². The van der Waals surface area contributed by atoms with Gasteiger partial charge in [0.05, 0.1) is 5.69 Å². The van der Waals surface area contributed by atoms with Gasteiger partial charge in [-0.25, -0.2) is 0 Å². The largest absolute Gasteiger partial charge is 0.256 e. The lowest BCUT2D eigenvalue weighted by atomic mass is 9.76. The molecule has 0 amide bonds. The highest BCUT2D eigenvalue weighted by atomic mass is 14.7. The summed E-state index contributed by atoms with van der Waals surface area (Å²) in [5, 5.41) is 8.25. The van der Waals surface area contributed by atoms with E-state index in [1.807, 2.05) is 6.20 Å². The quantitative estimate of drug-likeness (QED) is 0.218. The Morgan fingerprint density at radius 3 is 1.88 bits per heavy atom. The van der Waals surface area contributed by atoms with Gasteiger partial charge in [0, 0.05) is 22.6 Å². The van der Waals surface area contributed by atoms with E-state index in [1.54, 1.807) is 0 Å². The molecular weight excluding hydrogens is 410 g/mol. The number of nitrogens with zero attached hydrogens (tertiary/aromatic N) is 1. The van der Waals surface area contributed by atoms with E-state index in [4.69, 9.17) is 4.98 Å². The summed E-state index contributed by atoms with van der Waals surface area (Å²) in [6.07, 6.45) is 1.93. The van der Waals surface area contributed by atoms with Gasteiger partial charge >= 0.3 is 0 Å². The fraction of sp³-hybridized carbons (Fsp3) is 0.182. The van der Waals surface area contributed by atoms with E-state index in [1.165, 1.54) is 71.3 Å². The van der Waals surface area contributed by atoms with Gasteiger partial charge < -0.3 is 0 Å². The van der Waals surface area contributed by atoms with E-state index < -0.39 is 0 Å². The summed E-state index contributed by atoms with van der Waals surface area (Å²) in [5.74, 6) is 0. The number of rotatable bonds is 0. The topological polar surface area (TPSA) is 12.9 Å². The maximum Gasteiger partial charge on any atom is 0.0746 e. The van der Waals surface area contributed by atoms with Crippen molar-refractivity contribution in [2.24, 2.45) is 0 Å². The fourth-order valence-corrected chi connectivity index (χ4v) is 7.35. The second-order valence-corrected chi connectivity index (χ2v) is 11.2. The molecule has 1 nitrogen and oxygen atoms in total. The highest BCUT2D eigenvalue weighted by Crippen LogP contribution is 2.56. The molecule has 0 aliphatic heterocycles. The molecule has 5 aromatic carbocycles. The molecule has 1 aromatic heterocycles. The maximum absolute atomic E-state index is 4.82. The second-order valence-electron chi connectivity index (χ2n) is 11.2. The van der Waals surface area contributed by atoms with Crippen LogP contribution in [0.5, 0.6) is 0 Å². The molecule has 1 heterocycles. The van der Waals surface area contributed by atoms with E-state index in [-0.39, 0.29) is 10.8 Å². The molecule has 0 bridgehead atoms. The molecule has 0 saturated heterocycles. The Labute approximate surface area is 199 Å². The summed E-state index contributed by atoms with van der Waals surface area (Å²) < 4.78 is 0. The van der Waals surface area contributed by atoms with Gasteiger partial charge in [0.2, 0.25) is 0 Å². The number of fused-ring (bicyclic) bond motifs is 8. The van der Waals surface area contributed by atoms with Gasteiger partial charge in [-0.1, -0.05) is 82.3 Å². The SMILES string of the molecule is CC1(C)c2ccccc2-c2cc3ccc4c5c(cc6ccc(c21)c3c64)-c1ncccc1C5(C)C. The van der Waals surface area contributed by atoms with Crippen LogP contribution in [-0.2, 0) is 10.8 Å². The highest BCUT2D eigenvalue weighted by molar-refractivity contribution is 6.27. The lowest BCUT2D eigenvalue weighted by molar-refractivity contribution is 0.664. The minimum absolute atomic E-state index is 0.0182. The van der Waals surface area contributed by atoms with Crippen molar-refractivity contribution in [3.8, 4) is 22.4 Å². The van der Waals surface area contributed by atoms with Gasteiger partial charge in [-0.3, -0.25) is 4.98 Å². The van der Waals surface area contributed by atoms with Crippen LogP contribution in [-0.4, -0.2) is 4.98 Å². The third-order valence-electron chi connectivity index (χ3n) is 8.78. The van der Waals surface area contributed by atoms with E-state index in [0.717, 1.165) is 5.69 Å². The van der Waals surface area contributed by atoms with Crippen LogP contribution >= 0.6 is 0 Å². The molecule has 0 fully saturated rings. The molecule has 0 atom stereocenters. The number of benzene rings is 5. The van der Waals surface area contributed by atoms with Crippen molar-refractivity contribution in [1.29, 1.82) is 0 Å². The molecular formula is C33H25N. The van der Waals surface area contributed by atoms with Crippen LogP contribution in [0.4, 0.5) is 0 Å². The average Bonchev–Trinajstić information content (AvgIpc) is 3.22. The molecule has 0 radical (unpaired) electrons. The monoisotopic (exact) mass is 435 g/mol. The molecule has 2 aliphatic rings. The Balaban J connectivity index is 1.57. The van der Waals surface area contributed by atoms with Crippen molar-refractivity contribution >= 4 is 32.3 Å². The molecule has 0 N–H and O–H groups in total. The summed E-state index contributed by atoms with van der Waals surface area (Å²) in [5.41, 5.74) is 10.8. The third-order valence-corrected chi connectivity index (χ3v) is 8.78. The third kappa shape index (κ3) is 1.94. The Kier molecular flexibility index (Phi) is 3.12. The zero-order valence-electron chi connectivity index (χ0n) is 20.0. The van der Waals surface area contributed by atoms with E-state index in [9.17, 15) is 0 Å². The summed E-state index contributed by atoms with van der Waals surface area (Å²) >= 11 is 0. The van der Waals surface area contributed by atoms with Crippen molar-refractivity contribution in [2.75, 3.05) is 0 Å². The number of hydrogen-bond acceptors (Lipinski definition) is 1. The van der Waals surface area contributed by atoms with E-state index in [2.05, 4.69) is 100 Å². The second kappa shape index (κ2) is 5.67. The number of pyridine rings is 1. The number of hydrogen-bond donors (Lipinski definition) is 0. The lowest BCUT2D eigenvalue weighted by Crippen LogP contribution is -2.16. The summed E-state index contributed by atoms with van der Waals surface area (Å²) in [6, 6.07) is 27.6. The highest BCUT2D eigenvalue weighted by Gasteiger charge is 2.40. The van der Waals surface area contributed by atoms with Crippen LogP contribution in [0.25, 0.3) is 54.7 Å². The summed E-state index contributed by atoms with van der Waals surface area (Å²) in [6.45, 7) is 9.48. The van der Waals surface area contributed by atoms with Gasteiger partial charge in [-0.15, -0.1) is 0 Å². The Morgan fingerprint density at radius 2 is 1.15 bits per heavy atom. The van der Waals surface area contributed by atoms with Gasteiger partial charge in [0.1, 0.15) is 0 Å². The van der Waals surface area contributed by atoms with Crippen molar-refractivity contribution < 1.29 is 0 Å². The van der Waals surface area contributed by atoms with E-state index >= 15 is 0 Å². The minimum Gasteiger partial charge on any atom is -0.256 e. The Hall–Kier alpha value is -3.71. The normalized spacial score (nSPS) is 16.7.